The molecule has 8 aromatic rings. The molecular formula is C55H55N5O5Si. The largest absolute Gasteiger partial charge is 0.497 e. The minimum atomic E-state index is -3.00. The Kier molecular flexibility index (Phi) is 12.8. The van der Waals surface area contributed by atoms with Crippen molar-refractivity contribution in [1.29, 1.82) is 0 Å². The van der Waals surface area contributed by atoms with E-state index >= 15 is 0 Å². The third-order valence-corrected chi connectivity index (χ3v) is 18.4. The van der Waals surface area contributed by atoms with Crippen LogP contribution >= 0.6 is 0 Å². The van der Waals surface area contributed by atoms with Gasteiger partial charge in [0.25, 0.3) is 14.2 Å². The monoisotopic (exact) mass is 893 g/mol. The second-order valence-corrected chi connectivity index (χ2v) is 22.3. The molecule has 10 nitrogen and oxygen atoms in total. The van der Waals surface area contributed by atoms with Crippen LogP contribution in [0.15, 0.2) is 189 Å². The molecule has 334 valence electrons. The Labute approximate surface area is 387 Å². The molecule has 11 heteroatoms. The van der Waals surface area contributed by atoms with Crippen LogP contribution in [-0.2, 0) is 14.8 Å². The van der Waals surface area contributed by atoms with Gasteiger partial charge in [0.05, 0.1) is 20.0 Å². The number of carbonyl (C=O) groups excluding carboxylic acids is 1. The van der Waals surface area contributed by atoms with Crippen LogP contribution in [0.2, 0.25) is 5.04 Å². The second kappa shape index (κ2) is 19.0. The number of hydrogen-bond donors (Lipinski definition) is 2. The van der Waals surface area contributed by atoms with Gasteiger partial charge < -0.3 is 28.9 Å². The van der Waals surface area contributed by atoms with Crippen LogP contribution < -0.4 is 20.4 Å². The molecule has 0 saturated heterocycles. The molecule has 2 heterocycles. The summed E-state index contributed by atoms with van der Waals surface area (Å²) < 4.78 is 22.9. The molecule has 2 N–H and O–H groups in total. The molecule has 6 aromatic carbocycles. The number of nitrogens with one attached hydrogen (secondary N) is 1. The number of aromatic nitrogens is 4. The van der Waals surface area contributed by atoms with Gasteiger partial charge in [0.15, 0.2) is 17.0 Å². The number of ether oxygens (including phenoxy) is 2. The lowest BCUT2D eigenvalue weighted by Gasteiger charge is -2.54. The molecule has 4 atom stereocenters. The first-order valence-corrected chi connectivity index (χ1v) is 24.4. The van der Waals surface area contributed by atoms with E-state index in [0.29, 0.717) is 29.2 Å². The molecule has 1 saturated carbocycles. The standard InChI is InChI=1S/C55H55N5O5Si/c1-54(2,3)66(44-26-16-8-17-27-44,45-28-18-9-19-29-45)65-36-48-46(34-61)47(50(48)60-38-58-49-51(56-37-57-52(49)60)59-53(62)39-20-10-5-11-21-39)35-64-55(40-22-12-6-13-23-40,41-24-14-7-15-25-41)42-30-32-43(63-4)33-31-42/h5-33,37-38,46-48,50,61H,34-36H2,1-4H3,(H,56,57,59,62)/t46-,47-,48+,50+/m1/s1. The fourth-order valence-corrected chi connectivity index (χ4v) is 14.8. The molecular weight excluding hydrogens is 839 g/mol. The topological polar surface area (TPSA) is 121 Å². The van der Waals surface area contributed by atoms with Crippen LogP contribution in [0.5, 0.6) is 5.75 Å². The molecule has 1 amide bonds. The van der Waals surface area contributed by atoms with Crippen LogP contribution in [0.25, 0.3) is 11.2 Å². The van der Waals surface area contributed by atoms with Crippen LogP contribution in [0.1, 0.15) is 53.9 Å². The Morgan fingerprint density at radius 1 is 0.652 bits per heavy atom. The van der Waals surface area contributed by atoms with Crippen LogP contribution in [0.3, 0.4) is 0 Å². The SMILES string of the molecule is COc1ccc(C(OC[C@@H]2[C@@H](CO)[C@H](CO[Si](c3ccccc3)(c3ccccc3)C(C)(C)C)[C@H]2n2cnc3c(NC(=O)c4ccccc4)ncnc32)(c2ccccc2)c2ccccc2)cc1. The highest BCUT2D eigenvalue weighted by atomic mass is 28.4. The van der Waals surface area contributed by atoms with Crippen molar-refractivity contribution >= 4 is 41.6 Å². The predicted molar refractivity (Wildman–Crippen MR) is 262 cm³/mol. The second-order valence-electron chi connectivity index (χ2n) is 18.0. The van der Waals surface area contributed by atoms with Gasteiger partial charge in [-0.25, -0.2) is 15.0 Å². The molecule has 1 aliphatic carbocycles. The maximum absolute atomic E-state index is 13.4. The number of imidazole rings is 1. The number of hydrogen-bond acceptors (Lipinski definition) is 8. The zero-order chi connectivity index (χ0) is 45.7. The summed E-state index contributed by atoms with van der Waals surface area (Å²) in [5.41, 5.74) is 3.34. The Bertz CT molecular complexity index is 2760. The molecule has 1 aliphatic rings. The number of anilines is 1. The highest BCUT2D eigenvalue weighted by Crippen LogP contribution is 2.53. The molecule has 66 heavy (non-hydrogen) atoms. The van der Waals surface area contributed by atoms with E-state index < -0.39 is 13.9 Å². The van der Waals surface area contributed by atoms with Crippen molar-refractivity contribution in [2.24, 2.45) is 17.8 Å². The molecule has 0 spiro atoms. The zero-order valence-electron chi connectivity index (χ0n) is 37.7. The molecule has 2 aromatic heterocycles. The van der Waals surface area contributed by atoms with Gasteiger partial charge in [0.2, 0.25) is 0 Å². The number of nitrogens with zero attached hydrogens (tertiary/aromatic N) is 4. The van der Waals surface area contributed by atoms with Crippen molar-refractivity contribution in [2.75, 3.05) is 32.2 Å². The maximum atomic E-state index is 13.4. The summed E-state index contributed by atoms with van der Waals surface area (Å²) in [6.07, 6.45) is 3.24. The van der Waals surface area contributed by atoms with E-state index in [9.17, 15) is 9.90 Å². The van der Waals surface area contributed by atoms with Crippen molar-refractivity contribution in [3.63, 3.8) is 0 Å². The van der Waals surface area contributed by atoms with Crippen LogP contribution in [0.4, 0.5) is 5.82 Å². The first kappa shape index (κ1) is 44.4. The number of amides is 1. The third kappa shape index (κ3) is 8.13. The lowest BCUT2D eigenvalue weighted by Crippen LogP contribution is -2.67. The summed E-state index contributed by atoms with van der Waals surface area (Å²) in [5.74, 6) is 0.0975. The Morgan fingerprint density at radius 3 is 1.70 bits per heavy atom. The third-order valence-electron chi connectivity index (χ3n) is 13.4. The normalized spacial score (nSPS) is 17.5. The molecule has 1 fully saturated rings. The van der Waals surface area contributed by atoms with E-state index in [0.717, 1.165) is 22.4 Å². The number of methoxy groups -OCH3 is 1. The minimum Gasteiger partial charge on any atom is -0.497 e. The first-order chi connectivity index (χ1) is 32.2. The average molecular weight is 894 g/mol. The fourth-order valence-electron chi connectivity index (χ4n) is 10.2. The predicted octanol–water partition coefficient (Wildman–Crippen LogP) is 9.07. The molecule has 0 bridgehead atoms. The summed E-state index contributed by atoms with van der Waals surface area (Å²) in [4.78, 5) is 27.6. The first-order valence-electron chi connectivity index (χ1n) is 22.5. The lowest BCUT2D eigenvalue weighted by atomic mass is 9.61. The quantitative estimate of drug-likeness (QED) is 0.0729. The van der Waals surface area contributed by atoms with E-state index in [-0.39, 0.29) is 48.0 Å². The van der Waals surface area contributed by atoms with Gasteiger partial charge in [-0.15, -0.1) is 0 Å². The van der Waals surface area contributed by atoms with Gasteiger partial charge in [0, 0.05) is 36.7 Å². The van der Waals surface area contributed by atoms with Gasteiger partial charge in [-0.05, 0) is 62.3 Å². The molecule has 0 radical (unpaired) electrons. The molecule has 0 aliphatic heterocycles. The van der Waals surface area contributed by atoms with Crippen molar-refractivity contribution in [3.8, 4) is 5.75 Å². The Balaban J connectivity index is 1.16. The van der Waals surface area contributed by atoms with Gasteiger partial charge in [-0.1, -0.05) is 172 Å². The van der Waals surface area contributed by atoms with Crippen LogP contribution in [0, 0.1) is 17.8 Å². The Hall–Kier alpha value is -6.76. The maximum Gasteiger partial charge on any atom is 0.261 e. The van der Waals surface area contributed by atoms with Crippen molar-refractivity contribution < 1.29 is 23.8 Å². The number of carbonyl (C=O) groups is 1. The Morgan fingerprint density at radius 2 is 1.17 bits per heavy atom. The van der Waals surface area contributed by atoms with Crippen LogP contribution in [-0.4, -0.2) is 65.8 Å². The van der Waals surface area contributed by atoms with Gasteiger partial charge in [-0.3, -0.25) is 4.79 Å². The zero-order valence-corrected chi connectivity index (χ0v) is 38.7. The fraction of sp³-hybridized carbons (Fsp3) is 0.236. The summed E-state index contributed by atoms with van der Waals surface area (Å²) >= 11 is 0. The van der Waals surface area contributed by atoms with E-state index in [1.54, 1.807) is 25.6 Å². The number of rotatable bonds is 16. The smallest absolute Gasteiger partial charge is 0.261 e. The summed E-state index contributed by atoms with van der Waals surface area (Å²) in [5, 5.41) is 16.6. The number of fused-ring (bicyclic) bond motifs is 1. The summed E-state index contributed by atoms with van der Waals surface area (Å²) in [6.45, 7) is 7.33. The summed E-state index contributed by atoms with van der Waals surface area (Å²) in [6, 6.07) is 58.6. The van der Waals surface area contributed by atoms with Crippen molar-refractivity contribution in [1.82, 2.24) is 19.5 Å². The highest BCUT2D eigenvalue weighted by Gasteiger charge is 2.56. The van der Waals surface area contributed by atoms with E-state index in [4.69, 9.17) is 23.9 Å². The minimum absolute atomic E-state index is 0.0918. The van der Waals surface area contributed by atoms with Crippen molar-refractivity contribution in [2.45, 2.75) is 37.5 Å². The highest BCUT2D eigenvalue weighted by molar-refractivity contribution is 6.99. The van der Waals surface area contributed by atoms with E-state index in [2.05, 4.69) is 121 Å². The number of aliphatic hydroxyl groups excluding tert-OH is 1. The van der Waals surface area contributed by atoms with Gasteiger partial charge in [0.1, 0.15) is 17.7 Å². The number of aliphatic hydroxyl groups is 1. The van der Waals surface area contributed by atoms with Crippen molar-refractivity contribution in [3.05, 3.63) is 211 Å². The van der Waals surface area contributed by atoms with Gasteiger partial charge in [-0.2, -0.15) is 0 Å². The number of benzene rings is 6. The lowest BCUT2D eigenvalue weighted by molar-refractivity contribution is -0.123. The molecule has 9 rings (SSSR count). The van der Waals surface area contributed by atoms with E-state index in [1.807, 2.05) is 78.9 Å². The summed E-state index contributed by atoms with van der Waals surface area (Å²) in [7, 11) is -1.33. The molecule has 0 unspecified atom stereocenters. The van der Waals surface area contributed by atoms with Gasteiger partial charge >= 0.3 is 0 Å². The van der Waals surface area contributed by atoms with E-state index in [1.165, 1.54) is 16.7 Å². The average Bonchev–Trinajstić information content (AvgIpc) is 3.78.